The summed E-state index contributed by atoms with van der Waals surface area (Å²) >= 11 is 0. The molecule has 1 aromatic rings. The highest BCUT2D eigenvalue weighted by atomic mass is 16.5. The lowest BCUT2D eigenvalue weighted by Crippen LogP contribution is -2.36. The van der Waals surface area contributed by atoms with E-state index >= 15 is 0 Å². The lowest BCUT2D eigenvalue weighted by atomic mass is 9.81. The van der Waals surface area contributed by atoms with Crippen molar-refractivity contribution in [1.82, 2.24) is 4.90 Å². The van der Waals surface area contributed by atoms with Crippen molar-refractivity contribution >= 4 is 0 Å². The summed E-state index contributed by atoms with van der Waals surface area (Å²) in [7, 11) is 0. The minimum absolute atomic E-state index is 0.230. The first-order valence-corrected chi connectivity index (χ1v) is 8.23. The molecular formula is C17H25NO3. The molecule has 3 fully saturated rings. The van der Waals surface area contributed by atoms with E-state index in [9.17, 15) is 0 Å². The fourth-order valence-corrected chi connectivity index (χ4v) is 4.00. The molecule has 0 spiro atoms. The number of hydrogen-bond acceptors (Lipinski definition) is 4. The zero-order valence-corrected chi connectivity index (χ0v) is 12.6. The standard InChI is InChI=1S/C17H25NO3/c1-2-14(3-1)8-20-12-17-11-18(6-15-4-5-19-9-15)7-16(17)10-21-13-17/h4-5,9,14,16H,1-3,6-8,10-13H2/t16-,17-/m1/s1. The number of nitrogens with zero attached hydrogens (tertiary/aromatic N) is 1. The first-order chi connectivity index (χ1) is 10.3. The van der Waals surface area contributed by atoms with Gasteiger partial charge in [-0.1, -0.05) is 6.42 Å². The van der Waals surface area contributed by atoms with E-state index in [1.807, 2.05) is 6.26 Å². The van der Waals surface area contributed by atoms with Gasteiger partial charge in [0.1, 0.15) is 0 Å². The summed E-state index contributed by atoms with van der Waals surface area (Å²) < 4.78 is 17.0. The molecule has 1 aliphatic carbocycles. The minimum Gasteiger partial charge on any atom is -0.472 e. The van der Waals surface area contributed by atoms with Crippen LogP contribution in [-0.4, -0.2) is 44.4 Å². The molecule has 2 atom stereocenters. The topological polar surface area (TPSA) is 34.8 Å². The van der Waals surface area contributed by atoms with Crippen molar-refractivity contribution in [2.45, 2.75) is 25.8 Å². The van der Waals surface area contributed by atoms with Crippen LogP contribution in [0.3, 0.4) is 0 Å². The molecule has 2 aliphatic heterocycles. The molecule has 0 aromatic carbocycles. The Morgan fingerprint density at radius 2 is 2.33 bits per heavy atom. The van der Waals surface area contributed by atoms with Crippen LogP contribution in [0.5, 0.6) is 0 Å². The molecule has 3 aliphatic rings. The Bertz CT molecular complexity index is 457. The van der Waals surface area contributed by atoms with E-state index in [0.29, 0.717) is 5.92 Å². The van der Waals surface area contributed by atoms with Gasteiger partial charge in [0.15, 0.2) is 0 Å². The van der Waals surface area contributed by atoms with Crippen LogP contribution in [-0.2, 0) is 16.0 Å². The fourth-order valence-electron chi connectivity index (χ4n) is 4.00. The Labute approximate surface area is 126 Å². The first-order valence-electron chi connectivity index (χ1n) is 8.23. The van der Waals surface area contributed by atoms with E-state index in [1.165, 1.54) is 24.8 Å². The van der Waals surface area contributed by atoms with Gasteiger partial charge in [0.25, 0.3) is 0 Å². The number of furan rings is 1. The van der Waals surface area contributed by atoms with Gasteiger partial charge in [-0.2, -0.15) is 0 Å². The van der Waals surface area contributed by atoms with Crippen molar-refractivity contribution in [2.75, 3.05) is 39.5 Å². The summed E-state index contributed by atoms with van der Waals surface area (Å²) in [5.74, 6) is 1.45. The van der Waals surface area contributed by atoms with Crippen molar-refractivity contribution in [2.24, 2.45) is 17.3 Å². The highest BCUT2D eigenvalue weighted by molar-refractivity contribution is 5.08. The van der Waals surface area contributed by atoms with Gasteiger partial charge >= 0.3 is 0 Å². The maximum absolute atomic E-state index is 6.08. The third kappa shape index (κ3) is 2.77. The largest absolute Gasteiger partial charge is 0.472 e. The lowest BCUT2D eigenvalue weighted by Gasteiger charge is -2.30. The molecule has 1 saturated carbocycles. The second-order valence-electron chi connectivity index (χ2n) is 7.19. The second-order valence-corrected chi connectivity index (χ2v) is 7.19. The van der Waals surface area contributed by atoms with Crippen LogP contribution in [0, 0.1) is 17.3 Å². The smallest absolute Gasteiger partial charge is 0.0947 e. The normalized spacial score (nSPS) is 33.2. The third-order valence-electron chi connectivity index (χ3n) is 5.55. The van der Waals surface area contributed by atoms with Crippen LogP contribution in [0.2, 0.25) is 0 Å². The van der Waals surface area contributed by atoms with Crippen molar-refractivity contribution in [3.05, 3.63) is 24.2 Å². The zero-order chi connectivity index (χ0) is 14.1. The Balaban J connectivity index is 1.33. The third-order valence-corrected chi connectivity index (χ3v) is 5.55. The number of likely N-dealkylation sites (tertiary alicyclic amines) is 1. The minimum atomic E-state index is 0.230. The summed E-state index contributed by atoms with van der Waals surface area (Å²) in [5, 5.41) is 0. The van der Waals surface area contributed by atoms with E-state index < -0.39 is 0 Å². The van der Waals surface area contributed by atoms with Crippen molar-refractivity contribution in [3.8, 4) is 0 Å². The van der Waals surface area contributed by atoms with Crippen LogP contribution < -0.4 is 0 Å². The van der Waals surface area contributed by atoms with Crippen LogP contribution in [0.4, 0.5) is 0 Å². The van der Waals surface area contributed by atoms with Gasteiger partial charge in [0, 0.05) is 43.1 Å². The second kappa shape index (κ2) is 5.75. The summed E-state index contributed by atoms with van der Waals surface area (Å²) in [6.07, 6.45) is 7.72. The molecule has 1 aromatic heterocycles. The molecule has 0 bridgehead atoms. The van der Waals surface area contributed by atoms with Gasteiger partial charge in [-0.3, -0.25) is 4.90 Å². The van der Waals surface area contributed by atoms with E-state index in [1.54, 1.807) is 6.26 Å². The zero-order valence-electron chi connectivity index (χ0n) is 12.6. The maximum Gasteiger partial charge on any atom is 0.0947 e. The van der Waals surface area contributed by atoms with E-state index in [-0.39, 0.29) is 5.41 Å². The first kappa shape index (κ1) is 13.8. The number of fused-ring (bicyclic) bond motifs is 1. The monoisotopic (exact) mass is 291 g/mol. The van der Waals surface area contributed by atoms with E-state index in [0.717, 1.165) is 52.0 Å². The summed E-state index contributed by atoms with van der Waals surface area (Å²) in [6, 6.07) is 2.06. The SMILES string of the molecule is c1cc(CN2C[C@@H]3COC[C@]3(COCC3CCC3)C2)co1. The molecule has 0 radical (unpaired) electrons. The van der Waals surface area contributed by atoms with Gasteiger partial charge in [-0.15, -0.1) is 0 Å². The molecule has 0 unspecified atom stereocenters. The number of hydrogen-bond donors (Lipinski definition) is 0. The molecule has 116 valence electrons. The molecule has 0 amide bonds. The Hall–Kier alpha value is -0.840. The Kier molecular flexibility index (Phi) is 3.78. The molecule has 4 heteroatoms. The highest BCUT2D eigenvalue weighted by Gasteiger charge is 2.50. The van der Waals surface area contributed by atoms with Crippen LogP contribution in [0.15, 0.2) is 23.0 Å². The Morgan fingerprint density at radius 3 is 3.10 bits per heavy atom. The van der Waals surface area contributed by atoms with Crippen molar-refractivity contribution in [1.29, 1.82) is 0 Å². The average Bonchev–Trinajstić information content (AvgIpc) is 3.08. The molecule has 0 N–H and O–H groups in total. The van der Waals surface area contributed by atoms with Crippen molar-refractivity contribution < 1.29 is 13.9 Å². The molecular weight excluding hydrogens is 266 g/mol. The molecule has 4 nitrogen and oxygen atoms in total. The predicted molar refractivity (Wildman–Crippen MR) is 78.9 cm³/mol. The lowest BCUT2D eigenvalue weighted by molar-refractivity contribution is -0.000859. The molecule has 21 heavy (non-hydrogen) atoms. The predicted octanol–water partition coefficient (Wildman–Crippen LogP) is 2.54. The summed E-state index contributed by atoms with van der Waals surface area (Å²) in [5.41, 5.74) is 1.49. The molecule has 2 saturated heterocycles. The van der Waals surface area contributed by atoms with E-state index in [4.69, 9.17) is 13.9 Å². The quantitative estimate of drug-likeness (QED) is 0.807. The van der Waals surface area contributed by atoms with Crippen LogP contribution in [0.1, 0.15) is 24.8 Å². The summed E-state index contributed by atoms with van der Waals surface area (Å²) in [6.45, 7) is 6.79. The molecule has 4 rings (SSSR count). The fraction of sp³-hybridized carbons (Fsp3) is 0.765. The van der Waals surface area contributed by atoms with Gasteiger partial charge in [0.2, 0.25) is 0 Å². The maximum atomic E-state index is 6.08. The number of ether oxygens (including phenoxy) is 2. The van der Waals surface area contributed by atoms with Gasteiger partial charge in [0.05, 0.1) is 32.3 Å². The van der Waals surface area contributed by atoms with Crippen LogP contribution in [0.25, 0.3) is 0 Å². The van der Waals surface area contributed by atoms with Gasteiger partial charge < -0.3 is 13.9 Å². The van der Waals surface area contributed by atoms with Gasteiger partial charge in [-0.05, 0) is 24.8 Å². The average molecular weight is 291 g/mol. The van der Waals surface area contributed by atoms with Crippen LogP contribution >= 0.6 is 0 Å². The molecule has 3 heterocycles. The van der Waals surface area contributed by atoms with Gasteiger partial charge in [-0.25, -0.2) is 0 Å². The summed E-state index contributed by atoms with van der Waals surface area (Å²) in [4.78, 5) is 2.53. The van der Waals surface area contributed by atoms with E-state index in [2.05, 4.69) is 11.0 Å². The highest BCUT2D eigenvalue weighted by Crippen LogP contribution is 2.42. The Morgan fingerprint density at radius 1 is 1.38 bits per heavy atom. The van der Waals surface area contributed by atoms with Crippen molar-refractivity contribution in [3.63, 3.8) is 0 Å². The number of rotatable bonds is 6.